The quantitative estimate of drug-likeness (QED) is 0.374. The Morgan fingerprint density at radius 1 is 0.914 bits per heavy atom. The molecule has 0 aromatic heterocycles. The van der Waals surface area contributed by atoms with Gasteiger partial charge in [-0.1, -0.05) is 42.5 Å². The second-order valence-corrected chi connectivity index (χ2v) is 10.3. The summed E-state index contributed by atoms with van der Waals surface area (Å²) in [4.78, 5) is 28.2. The van der Waals surface area contributed by atoms with Crippen LogP contribution in [0.5, 0.6) is 0 Å². The molecule has 0 unspecified atom stereocenters. The number of nitrogens with zero attached hydrogens (tertiary/aromatic N) is 1. The molecule has 1 saturated heterocycles. The third-order valence-corrected chi connectivity index (χ3v) is 7.05. The molecule has 0 saturated carbocycles. The summed E-state index contributed by atoms with van der Waals surface area (Å²) in [7, 11) is 0. The monoisotopic (exact) mass is 533 g/mol. The van der Waals surface area contributed by atoms with Gasteiger partial charge in [0.15, 0.2) is 0 Å². The molecule has 0 radical (unpaired) electrons. The average Bonchev–Trinajstić information content (AvgIpc) is 2.85. The zero-order valence-corrected chi connectivity index (χ0v) is 21.8. The van der Waals surface area contributed by atoms with Crippen molar-refractivity contribution in [2.24, 2.45) is 5.92 Å². The van der Waals surface area contributed by atoms with E-state index in [1.165, 1.54) is 5.56 Å². The van der Waals surface area contributed by atoms with Crippen LogP contribution in [0.3, 0.4) is 0 Å². The summed E-state index contributed by atoms with van der Waals surface area (Å²) in [5.74, 6) is 0.296. The van der Waals surface area contributed by atoms with Gasteiger partial charge < -0.3 is 15.5 Å². The highest BCUT2D eigenvalue weighted by molar-refractivity contribution is 9.10. The lowest BCUT2D eigenvalue weighted by molar-refractivity contribution is 0.0942. The Morgan fingerprint density at radius 2 is 1.60 bits per heavy atom. The predicted molar refractivity (Wildman–Crippen MR) is 146 cm³/mol. The molecular weight excluding hydrogens is 502 g/mol. The summed E-state index contributed by atoms with van der Waals surface area (Å²) in [5.41, 5.74) is 4.03. The number of amides is 2. The molecule has 3 aromatic carbocycles. The molecule has 1 aliphatic heterocycles. The van der Waals surface area contributed by atoms with E-state index >= 15 is 0 Å². The summed E-state index contributed by atoms with van der Waals surface area (Å²) in [6.45, 7) is 5.71. The number of piperidine rings is 1. The fraction of sp³-hybridized carbons (Fsp3) is 0.310. The minimum atomic E-state index is -0.220. The molecule has 4 rings (SSSR count). The molecular formula is C29H32BrN3O2. The minimum Gasteiger partial charge on any atom is -0.371 e. The average molecular weight is 534 g/mol. The van der Waals surface area contributed by atoms with E-state index in [0.717, 1.165) is 42.5 Å². The second-order valence-electron chi connectivity index (χ2n) is 9.41. The van der Waals surface area contributed by atoms with Crippen LogP contribution in [0.4, 0.5) is 11.4 Å². The fourth-order valence-electron chi connectivity index (χ4n) is 4.58. The lowest BCUT2D eigenvalue weighted by Gasteiger charge is -2.35. The van der Waals surface area contributed by atoms with Crippen molar-refractivity contribution >= 4 is 39.1 Å². The van der Waals surface area contributed by atoms with E-state index in [9.17, 15) is 9.59 Å². The third kappa shape index (κ3) is 6.51. The van der Waals surface area contributed by atoms with E-state index < -0.39 is 0 Å². The minimum absolute atomic E-state index is 0.0190. The number of hydrogen-bond donors (Lipinski definition) is 2. The van der Waals surface area contributed by atoms with E-state index in [0.29, 0.717) is 22.7 Å². The predicted octanol–water partition coefficient (Wildman–Crippen LogP) is 6.30. The van der Waals surface area contributed by atoms with Crippen molar-refractivity contribution in [2.45, 2.75) is 39.2 Å². The number of anilines is 2. The molecule has 35 heavy (non-hydrogen) atoms. The van der Waals surface area contributed by atoms with Gasteiger partial charge in [-0.25, -0.2) is 0 Å². The normalized spacial score (nSPS) is 14.1. The standard InChI is InChI=1S/C29H32BrN3O2/c1-20(2)31-29(35)25-19-23(32-28(34)24-10-6-7-11-26(24)30)12-13-27(25)33-16-14-22(15-17-33)18-21-8-4-3-5-9-21/h3-13,19-20,22H,14-18H2,1-2H3,(H,31,35)(H,32,34). The Labute approximate surface area is 216 Å². The van der Waals surface area contributed by atoms with Crippen molar-refractivity contribution < 1.29 is 9.59 Å². The molecule has 6 heteroatoms. The van der Waals surface area contributed by atoms with Crippen molar-refractivity contribution in [3.05, 3.63) is 94.0 Å². The smallest absolute Gasteiger partial charge is 0.256 e. The maximum absolute atomic E-state index is 13.1. The molecule has 1 heterocycles. The first-order valence-electron chi connectivity index (χ1n) is 12.2. The van der Waals surface area contributed by atoms with Crippen LogP contribution < -0.4 is 15.5 Å². The highest BCUT2D eigenvalue weighted by atomic mass is 79.9. The first-order chi connectivity index (χ1) is 16.9. The van der Waals surface area contributed by atoms with Crippen LogP contribution in [0, 0.1) is 5.92 Å². The molecule has 0 bridgehead atoms. The number of nitrogens with one attached hydrogen (secondary N) is 2. The second kappa shape index (κ2) is 11.5. The SMILES string of the molecule is CC(C)NC(=O)c1cc(NC(=O)c2ccccc2Br)ccc1N1CCC(Cc2ccccc2)CC1. The molecule has 1 aliphatic rings. The Hall–Kier alpha value is -3.12. The van der Waals surface area contributed by atoms with Gasteiger partial charge in [-0.05, 0) is 90.9 Å². The summed E-state index contributed by atoms with van der Waals surface area (Å²) >= 11 is 3.43. The van der Waals surface area contributed by atoms with Crippen molar-refractivity contribution in [1.82, 2.24) is 5.32 Å². The molecule has 182 valence electrons. The van der Waals surface area contributed by atoms with Crippen molar-refractivity contribution in [3.63, 3.8) is 0 Å². The van der Waals surface area contributed by atoms with E-state index in [2.05, 4.69) is 61.8 Å². The van der Waals surface area contributed by atoms with Crippen LogP contribution in [0.25, 0.3) is 0 Å². The van der Waals surface area contributed by atoms with Gasteiger partial charge >= 0.3 is 0 Å². The molecule has 0 atom stereocenters. The molecule has 3 aromatic rings. The van der Waals surface area contributed by atoms with Gasteiger partial charge in [-0.15, -0.1) is 0 Å². The number of rotatable bonds is 7. The largest absolute Gasteiger partial charge is 0.371 e. The summed E-state index contributed by atoms with van der Waals surface area (Å²) in [6.07, 6.45) is 3.26. The Kier molecular flexibility index (Phi) is 8.24. The number of halogens is 1. The van der Waals surface area contributed by atoms with Gasteiger partial charge in [0, 0.05) is 35.0 Å². The lowest BCUT2D eigenvalue weighted by atomic mass is 9.89. The van der Waals surface area contributed by atoms with Crippen LogP contribution in [-0.2, 0) is 6.42 Å². The molecule has 1 fully saturated rings. The van der Waals surface area contributed by atoms with E-state index in [-0.39, 0.29) is 17.9 Å². The maximum Gasteiger partial charge on any atom is 0.256 e. The number of carbonyl (C=O) groups excluding carboxylic acids is 2. The van der Waals surface area contributed by atoms with Crippen LogP contribution in [0.2, 0.25) is 0 Å². The van der Waals surface area contributed by atoms with Crippen molar-refractivity contribution in [3.8, 4) is 0 Å². The van der Waals surface area contributed by atoms with Gasteiger partial charge in [-0.2, -0.15) is 0 Å². The van der Waals surface area contributed by atoms with Gasteiger partial charge in [0.1, 0.15) is 0 Å². The molecule has 2 amide bonds. The first-order valence-corrected chi connectivity index (χ1v) is 13.0. The molecule has 5 nitrogen and oxygen atoms in total. The number of carbonyl (C=O) groups is 2. The number of benzene rings is 3. The first kappa shape index (κ1) is 25.0. The summed E-state index contributed by atoms with van der Waals surface area (Å²) in [5, 5.41) is 5.96. The van der Waals surface area contributed by atoms with Crippen LogP contribution in [0.15, 0.2) is 77.3 Å². The molecule has 2 N–H and O–H groups in total. The third-order valence-electron chi connectivity index (χ3n) is 6.36. The number of hydrogen-bond acceptors (Lipinski definition) is 3. The maximum atomic E-state index is 13.1. The van der Waals surface area contributed by atoms with E-state index in [4.69, 9.17) is 0 Å². The van der Waals surface area contributed by atoms with Gasteiger partial charge in [0.25, 0.3) is 11.8 Å². The Balaban J connectivity index is 1.51. The van der Waals surface area contributed by atoms with Crippen LogP contribution >= 0.6 is 15.9 Å². The summed E-state index contributed by atoms with van der Waals surface area (Å²) in [6, 6.07) is 23.6. The molecule has 0 spiro atoms. The lowest BCUT2D eigenvalue weighted by Crippen LogP contribution is -2.37. The highest BCUT2D eigenvalue weighted by Gasteiger charge is 2.24. The highest BCUT2D eigenvalue weighted by Crippen LogP contribution is 2.30. The Bertz CT molecular complexity index is 1170. The van der Waals surface area contributed by atoms with Crippen LogP contribution in [0.1, 0.15) is 53.0 Å². The van der Waals surface area contributed by atoms with Crippen molar-refractivity contribution in [1.29, 1.82) is 0 Å². The zero-order chi connectivity index (χ0) is 24.8. The van der Waals surface area contributed by atoms with E-state index in [1.54, 1.807) is 12.1 Å². The van der Waals surface area contributed by atoms with Crippen molar-refractivity contribution in [2.75, 3.05) is 23.3 Å². The zero-order valence-electron chi connectivity index (χ0n) is 20.3. The van der Waals surface area contributed by atoms with Crippen LogP contribution in [-0.4, -0.2) is 30.9 Å². The Morgan fingerprint density at radius 3 is 2.29 bits per heavy atom. The summed E-state index contributed by atoms with van der Waals surface area (Å²) < 4.78 is 0.727. The van der Waals surface area contributed by atoms with Gasteiger partial charge in [-0.3, -0.25) is 9.59 Å². The fourth-order valence-corrected chi connectivity index (χ4v) is 5.05. The van der Waals surface area contributed by atoms with Gasteiger partial charge in [0.2, 0.25) is 0 Å². The van der Waals surface area contributed by atoms with E-state index in [1.807, 2.05) is 44.2 Å². The topological polar surface area (TPSA) is 61.4 Å². The van der Waals surface area contributed by atoms with Gasteiger partial charge in [0.05, 0.1) is 11.1 Å². The molecule has 0 aliphatic carbocycles.